The predicted molar refractivity (Wildman–Crippen MR) is 112 cm³/mol. The van der Waals surface area contributed by atoms with E-state index in [1.807, 2.05) is 5.38 Å². The van der Waals surface area contributed by atoms with Gasteiger partial charge in [0.15, 0.2) is 0 Å². The number of hydrogen-bond donors (Lipinski definition) is 1. The smallest absolute Gasteiger partial charge is 0.255 e. The molecule has 1 saturated heterocycles. The number of thioether (sulfide) groups is 1. The lowest BCUT2D eigenvalue weighted by Gasteiger charge is -2.23. The second-order valence-corrected chi connectivity index (χ2v) is 9.00. The quantitative estimate of drug-likeness (QED) is 0.767. The fourth-order valence-electron chi connectivity index (χ4n) is 2.75. The summed E-state index contributed by atoms with van der Waals surface area (Å²) in [6, 6.07) is 6.31. The summed E-state index contributed by atoms with van der Waals surface area (Å²) in [6.45, 7) is 4.76. The first-order valence-electron chi connectivity index (χ1n) is 8.82. The van der Waals surface area contributed by atoms with Crippen molar-refractivity contribution >= 4 is 46.5 Å². The maximum Gasteiger partial charge on any atom is 0.255 e. The van der Waals surface area contributed by atoms with Gasteiger partial charge in [-0.25, -0.2) is 4.98 Å². The van der Waals surface area contributed by atoms with E-state index < -0.39 is 6.04 Å². The van der Waals surface area contributed by atoms with Crippen molar-refractivity contribution in [3.05, 3.63) is 50.9 Å². The first kappa shape index (κ1) is 20.2. The van der Waals surface area contributed by atoms with Gasteiger partial charge in [-0.3, -0.25) is 9.59 Å². The summed E-state index contributed by atoms with van der Waals surface area (Å²) < 4.78 is 0. The highest BCUT2D eigenvalue weighted by molar-refractivity contribution is 7.99. The summed E-state index contributed by atoms with van der Waals surface area (Å²) in [5.41, 5.74) is 1.54. The molecule has 1 fully saturated rings. The largest absolute Gasteiger partial charge is 0.354 e. The van der Waals surface area contributed by atoms with Gasteiger partial charge in [0.05, 0.1) is 16.6 Å². The third kappa shape index (κ3) is 5.03. The molecule has 0 radical (unpaired) electrons. The number of halogens is 1. The van der Waals surface area contributed by atoms with Crippen LogP contribution in [0.25, 0.3) is 0 Å². The number of carbonyl (C=O) groups excluding carboxylic acids is 2. The van der Waals surface area contributed by atoms with Crippen molar-refractivity contribution in [2.24, 2.45) is 0 Å². The first-order chi connectivity index (χ1) is 13.0. The van der Waals surface area contributed by atoms with Gasteiger partial charge in [-0.05, 0) is 24.3 Å². The molecule has 2 heterocycles. The highest BCUT2D eigenvalue weighted by Gasteiger charge is 2.34. The van der Waals surface area contributed by atoms with Crippen LogP contribution < -0.4 is 5.32 Å². The monoisotopic (exact) mass is 423 g/mol. The highest BCUT2D eigenvalue weighted by atomic mass is 35.5. The minimum Gasteiger partial charge on any atom is -0.354 e. The van der Waals surface area contributed by atoms with Crippen molar-refractivity contribution < 1.29 is 9.59 Å². The van der Waals surface area contributed by atoms with Crippen LogP contribution in [-0.2, 0) is 11.2 Å². The van der Waals surface area contributed by atoms with Gasteiger partial charge in [0.25, 0.3) is 5.91 Å². The zero-order valence-electron chi connectivity index (χ0n) is 15.3. The molecule has 1 aromatic carbocycles. The molecular weight excluding hydrogens is 402 g/mol. The zero-order valence-corrected chi connectivity index (χ0v) is 17.7. The van der Waals surface area contributed by atoms with Crippen LogP contribution in [0.15, 0.2) is 29.6 Å². The standard InChI is InChI=1S/C19H22ClN3O2S2/c1-12(2)18-22-15(9-27-18)7-8-21-17(24)16-10-26-11-23(16)19(25)13-3-5-14(20)6-4-13/h3-6,9,12,16H,7-8,10-11H2,1-2H3,(H,21,24). The number of amides is 2. The van der Waals surface area contributed by atoms with Gasteiger partial charge in [-0.1, -0.05) is 25.4 Å². The lowest BCUT2D eigenvalue weighted by atomic mass is 10.1. The molecule has 0 spiro atoms. The van der Waals surface area contributed by atoms with Gasteiger partial charge >= 0.3 is 0 Å². The molecule has 1 unspecified atom stereocenters. The third-order valence-corrected chi connectivity index (χ3v) is 6.74. The Hall–Kier alpha value is -1.57. The van der Waals surface area contributed by atoms with Crippen molar-refractivity contribution in [2.45, 2.75) is 32.2 Å². The zero-order chi connectivity index (χ0) is 19.4. The SMILES string of the molecule is CC(C)c1nc(CCNC(=O)C2CSCN2C(=O)c2ccc(Cl)cc2)cs1. The second-order valence-electron chi connectivity index (χ2n) is 6.67. The Morgan fingerprint density at radius 2 is 2.07 bits per heavy atom. The van der Waals surface area contributed by atoms with Crippen LogP contribution in [-0.4, -0.2) is 45.9 Å². The summed E-state index contributed by atoms with van der Waals surface area (Å²) in [7, 11) is 0. The van der Waals surface area contributed by atoms with E-state index in [0.29, 0.717) is 41.1 Å². The van der Waals surface area contributed by atoms with Crippen molar-refractivity contribution in [1.29, 1.82) is 0 Å². The molecule has 1 aliphatic heterocycles. The number of rotatable bonds is 6. The van der Waals surface area contributed by atoms with Crippen molar-refractivity contribution in [2.75, 3.05) is 18.2 Å². The number of benzene rings is 1. The predicted octanol–water partition coefficient (Wildman–Crippen LogP) is 3.79. The number of carbonyl (C=O) groups is 2. The Balaban J connectivity index is 1.55. The minimum atomic E-state index is -0.445. The van der Waals surface area contributed by atoms with E-state index in [-0.39, 0.29) is 11.8 Å². The van der Waals surface area contributed by atoms with Crippen LogP contribution in [0.5, 0.6) is 0 Å². The van der Waals surface area contributed by atoms with E-state index in [1.165, 1.54) is 0 Å². The lowest BCUT2D eigenvalue weighted by Crippen LogP contribution is -2.47. The molecule has 1 aliphatic rings. The Kier molecular flexibility index (Phi) is 6.78. The summed E-state index contributed by atoms with van der Waals surface area (Å²) in [4.78, 5) is 31.5. The lowest BCUT2D eigenvalue weighted by molar-refractivity contribution is -0.124. The van der Waals surface area contributed by atoms with Crippen LogP contribution in [0, 0.1) is 0 Å². The van der Waals surface area contributed by atoms with E-state index in [4.69, 9.17) is 11.6 Å². The molecule has 2 aromatic rings. The molecule has 1 N–H and O–H groups in total. The summed E-state index contributed by atoms with van der Waals surface area (Å²) in [5.74, 6) is 1.30. The average Bonchev–Trinajstić information content (AvgIpc) is 3.31. The molecule has 1 atom stereocenters. The Morgan fingerprint density at radius 3 is 2.74 bits per heavy atom. The Labute approximate surface area is 172 Å². The van der Waals surface area contributed by atoms with Gasteiger partial charge in [0, 0.05) is 40.6 Å². The molecule has 0 aliphatic carbocycles. The normalized spacial score (nSPS) is 16.7. The topological polar surface area (TPSA) is 62.3 Å². The summed E-state index contributed by atoms with van der Waals surface area (Å²) in [6.07, 6.45) is 0.694. The van der Waals surface area contributed by atoms with E-state index in [9.17, 15) is 9.59 Å². The van der Waals surface area contributed by atoms with Gasteiger partial charge < -0.3 is 10.2 Å². The summed E-state index contributed by atoms with van der Waals surface area (Å²) >= 11 is 9.13. The minimum absolute atomic E-state index is 0.110. The molecule has 8 heteroatoms. The number of thiazole rings is 1. The molecular formula is C19H22ClN3O2S2. The van der Waals surface area contributed by atoms with Crippen LogP contribution >= 0.6 is 34.7 Å². The number of aromatic nitrogens is 1. The van der Waals surface area contributed by atoms with E-state index >= 15 is 0 Å². The van der Waals surface area contributed by atoms with Gasteiger partial charge in [-0.15, -0.1) is 23.1 Å². The van der Waals surface area contributed by atoms with E-state index in [2.05, 4.69) is 24.1 Å². The maximum absolute atomic E-state index is 12.7. The molecule has 2 amide bonds. The van der Waals surface area contributed by atoms with Crippen LogP contribution in [0.3, 0.4) is 0 Å². The van der Waals surface area contributed by atoms with Crippen LogP contribution in [0.1, 0.15) is 40.8 Å². The summed E-state index contributed by atoms with van der Waals surface area (Å²) in [5, 5.41) is 6.70. The molecule has 3 rings (SSSR count). The average molecular weight is 424 g/mol. The highest BCUT2D eigenvalue weighted by Crippen LogP contribution is 2.24. The van der Waals surface area contributed by atoms with Crippen LogP contribution in [0.4, 0.5) is 0 Å². The van der Waals surface area contributed by atoms with Crippen LogP contribution in [0.2, 0.25) is 5.02 Å². The van der Waals surface area contributed by atoms with Crippen molar-refractivity contribution in [3.8, 4) is 0 Å². The van der Waals surface area contributed by atoms with Crippen molar-refractivity contribution in [1.82, 2.24) is 15.2 Å². The Morgan fingerprint density at radius 1 is 1.33 bits per heavy atom. The molecule has 5 nitrogen and oxygen atoms in total. The second kappa shape index (κ2) is 9.08. The van der Waals surface area contributed by atoms with Crippen molar-refractivity contribution in [3.63, 3.8) is 0 Å². The fraction of sp³-hybridized carbons (Fsp3) is 0.421. The molecule has 0 bridgehead atoms. The van der Waals surface area contributed by atoms with Gasteiger partial charge in [-0.2, -0.15) is 0 Å². The molecule has 144 valence electrons. The molecule has 1 aromatic heterocycles. The molecule has 0 saturated carbocycles. The third-order valence-electron chi connectivity index (χ3n) is 4.28. The van der Waals surface area contributed by atoms with E-state index in [1.54, 1.807) is 52.3 Å². The number of nitrogens with zero attached hydrogens (tertiary/aromatic N) is 2. The van der Waals surface area contributed by atoms with Gasteiger partial charge in [0.2, 0.25) is 5.91 Å². The maximum atomic E-state index is 12.7. The molecule has 27 heavy (non-hydrogen) atoms. The van der Waals surface area contributed by atoms with Gasteiger partial charge in [0.1, 0.15) is 6.04 Å². The fourth-order valence-corrected chi connectivity index (χ4v) is 4.90. The number of hydrogen-bond acceptors (Lipinski definition) is 5. The Bertz CT molecular complexity index is 808. The van der Waals surface area contributed by atoms with E-state index in [0.717, 1.165) is 10.7 Å². The number of nitrogens with one attached hydrogen (secondary N) is 1. The first-order valence-corrected chi connectivity index (χ1v) is 11.2.